The molecule has 5 heteroatoms. The van der Waals surface area contributed by atoms with Crippen LogP contribution in [0.15, 0.2) is 30.4 Å². The van der Waals surface area contributed by atoms with E-state index < -0.39 is 11.8 Å². The van der Waals surface area contributed by atoms with E-state index in [2.05, 4.69) is 11.9 Å². The molecule has 0 aliphatic carbocycles. The first-order valence-corrected chi connectivity index (χ1v) is 4.94. The Bertz CT molecular complexity index is 420. The van der Waals surface area contributed by atoms with Crippen LogP contribution in [0.1, 0.15) is 5.56 Å². The van der Waals surface area contributed by atoms with Crippen LogP contribution in [0, 0.1) is 5.82 Å². The van der Waals surface area contributed by atoms with Crippen LogP contribution in [-0.2, 0) is 11.3 Å². The van der Waals surface area contributed by atoms with Crippen LogP contribution in [0.2, 0.25) is 5.02 Å². The minimum absolute atomic E-state index is 0.0522. The van der Waals surface area contributed by atoms with Crippen LogP contribution in [0.4, 0.5) is 4.39 Å². The maximum absolute atomic E-state index is 12.8. The van der Waals surface area contributed by atoms with Crippen LogP contribution in [-0.4, -0.2) is 17.6 Å². The van der Waals surface area contributed by atoms with Crippen molar-refractivity contribution in [2.75, 3.05) is 6.54 Å². The first-order valence-electron chi connectivity index (χ1n) is 4.56. The molecule has 0 saturated carbocycles. The Labute approximate surface area is 97.5 Å². The van der Waals surface area contributed by atoms with Gasteiger partial charge in [0.2, 0.25) is 0 Å². The molecule has 0 atom stereocenters. The lowest BCUT2D eigenvalue weighted by molar-refractivity contribution is -0.132. The van der Waals surface area contributed by atoms with Gasteiger partial charge >= 0.3 is 5.97 Å². The summed E-state index contributed by atoms with van der Waals surface area (Å²) in [6.07, 6.45) is 0. The molecular weight excluding hydrogens is 233 g/mol. The van der Waals surface area contributed by atoms with Crippen molar-refractivity contribution in [2.45, 2.75) is 6.54 Å². The monoisotopic (exact) mass is 243 g/mol. The molecule has 16 heavy (non-hydrogen) atoms. The number of rotatable bonds is 5. The molecular formula is C11H11ClFNO2. The summed E-state index contributed by atoms with van der Waals surface area (Å²) >= 11 is 5.59. The van der Waals surface area contributed by atoms with Gasteiger partial charge in [-0.25, -0.2) is 9.18 Å². The van der Waals surface area contributed by atoms with E-state index in [1.54, 1.807) is 6.07 Å². The summed E-state index contributed by atoms with van der Waals surface area (Å²) in [6.45, 7) is 3.95. The maximum atomic E-state index is 12.8. The summed E-state index contributed by atoms with van der Waals surface area (Å²) in [5.74, 6) is -1.51. The highest BCUT2D eigenvalue weighted by molar-refractivity contribution is 6.30. The molecule has 0 amide bonds. The molecule has 0 aliphatic rings. The molecule has 0 bridgehead atoms. The van der Waals surface area contributed by atoms with E-state index in [0.717, 1.165) is 5.56 Å². The number of hydrogen-bond acceptors (Lipinski definition) is 2. The number of carboxylic acid groups (broad SMARTS) is 1. The van der Waals surface area contributed by atoms with Gasteiger partial charge in [0.05, 0.1) is 5.02 Å². The van der Waals surface area contributed by atoms with E-state index in [-0.39, 0.29) is 17.1 Å². The molecule has 0 spiro atoms. The minimum Gasteiger partial charge on any atom is -0.478 e. The van der Waals surface area contributed by atoms with E-state index in [1.165, 1.54) is 12.1 Å². The van der Waals surface area contributed by atoms with Crippen LogP contribution < -0.4 is 5.32 Å². The van der Waals surface area contributed by atoms with Gasteiger partial charge in [0.15, 0.2) is 0 Å². The zero-order valence-electron chi connectivity index (χ0n) is 8.46. The standard InChI is InChI=1S/C11H11ClFNO2/c1-7(11(15)16)5-14-6-8-2-3-10(13)9(12)4-8/h2-4,14H,1,5-6H2,(H,15,16). The van der Waals surface area contributed by atoms with Gasteiger partial charge < -0.3 is 10.4 Å². The normalized spacial score (nSPS) is 10.1. The largest absolute Gasteiger partial charge is 0.478 e. The third-order valence-corrected chi connectivity index (χ3v) is 2.24. The summed E-state index contributed by atoms with van der Waals surface area (Å²) in [7, 11) is 0. The Hall–Kier alpha value is -1.39. The Kier molecular flexibility index (Phi) is 4.46. The maximum Gasteiger partial charge on any atom is 0.332 e. The molecule has 1 aromatic rings. The van der Waals surface area contributed by atoms with Gasteiger partial charge in [0.1, 0.15) is 5.82 Å². The molecule has 0 aliphatic heterocycles. The van der Waals surface area contributed by atoms with E-state index in [1.807, 2.05) is 0 Å². The third-order valence-electron chi connectivity index (χ3n) is 1.95. The van der Waals surface area contributed by atoms with E-state index in [0.29, 0.717) is 6.54 Å². The summed E-state index contributed by atoms with van der Waals surface area (Å²) in [6, 6.07) is 4.34. The van der Waals surface area contributed by atoms with Gasteiger partial charge in [-0.05, 0) is 17.7 Å². The number of nitrogens with one attached hydrogen (secondary N) is 1. The van der Waals surface area contributed by atoms with E-state index in [4.69, 9.17) is 16.7 Å². The van der Waals surface area contributed by atoms with E-state index in [9.17, 15) is 9.18 Å². The zero-order chi connectivity index (χ0) is 12.1. The Morgan fingerprint density at radius 2 is 2.25 bits per heavy atom. The fourth-order valence-electron chi connectivity index (χ4n) is 1.08. The predicted molar refractivity (Wildman–Crippen MR) is 59.9 cm³/mol. The second kappa shape index (κ2) is 5.63. The van der Waals surface area contributed by atoms with Crippen molar-refractivity contribution in [2.24, 2.45) is 0 Å². The minimum atomic E-state index is -1.04. The molecule has 0 radical (unpaired) electrons. The molecule has 0 fully saturated rings. The number of aliphatic carboxylic acids is 1. The number of carboxylic acids is 1. The smallest absolute Gasteiger partial charge is 0.332 e. The molecule has 2 N–H and O–H groups in total. The summed E-state index contributed by atoms with van der Waals surface area (Å²) in [5.41, 5.74) is 0.859. The van der Waals surface area contributed by atoms with Gasteiger partial charge in [-0.15, -0.1) is 0 Å². The first kappa shape index (κ1) is 12.7. The molecule has 86 valence electrons. The molecule has 3 nitrogen and oxygen atoms in total. The Morgan fingerprint density at radius 1 is 1.56 bits per heavy atom. The molecule has 0 unspecified atom stereocenters. The first-order chi connectivity index (χ1) is 7.50. The lowest BCUT2D eigenvalue weighted by atomic mass is 10.2. The van der Waals surface area contributed by atoms with Gasteiger partial charge in [0, 0.05) is 18.7 Å². The average Bonchev–Trinajstić information content (AvgIpc) is 2.23. The van der Waals surface area contributed by atoms with E-state index >= 15 is 0 Å². The molecule has 1 rings (SSSR count). The number of hydrogen-bond donors (Lipinski definition) is 2. The Morgan fingerprint density at radius 3 is 2.81 bits per heavy atom. The lowest BCUT2D eigenvalue weighted by Gasteiger charge is -2.05. The number of carbonyl (C=O) groups is 1. The van der Waals surface area contributed by atoms with Crippen molar-refractivity contribution in [3.8, 4) is 0 Å². The number of benzene rings is 1. The third kappa shape index (κ3) is 3.64. The fraction of sp³-hybridized carbons (Fsp3) is 0.182. The average molecular weight is 244 g/mol. The molecule has 0 saturated heterocycles. The second-order valence-corrected chi connectivity index (χ2v) is 3.67. The highest BCUT2D eigenvalue weighted by Gasteiger charge is 2.04. The van der Waals surface area contributed by atoms with Crippen molar-refractivity contribution in [1.82, 2.24) is 5.32 Å². The molecule has 0 heterocycles. The van der Waals surface area contributed by atoms with Crippen LogP contribution in [0.3, 0.4) is 0 Å². The Balaban J connectivity index is 2.46. The highest BCUT2D eigenvalue weighted by atomic mass is 35.5. The molecule has 0 aromatic heterocycles. The van der Waals surface area contributed by atoms with Crippen molar-refractivity contribution in [3.63, 3.8) is 0 Å². The van der Waals surface area contributed by atoms with Crippen LogP contribution >= 0.6 is 11.6 Å². The summed E-state index contributed by atoms with van der Waals surface area (Å²) in [4.78, 5) is 10.4. The van der Waals surface area contributed by atoms with Crippen molar-refractivity contribution in [1.29, 1.82) is 0 Å². The van der Waals surface area contributed by atoms with Crippen molar-refractivity contribution < 1.29 is 14.3 Å². The lowest BCUT2D eigenvalue weighted by Crippen LogP contribution is -2.19. The number of halogens is 2. The fourth-order valence-corrected chi connectivity index (χ4v) is 1.29. The SMILES string of the molecule is C=C(CNCc1ccc(F)c(Cl)c1)C(=O)O. The van der Waals surface area contributed by atoms with Crippen LogP contribution in [0.5, 0.6) is 0 Å². The van der Waals surface area contributed by atoms with Crippen LogP contribution in [0.25, 0.3) is 0 Å². The molecule has 1 aromatic carbocycles. The van der Waals surface area contributed by atoms with Crippen molar-refractivity contribution in [3.05, 3.63) is 46.8 Å². The summed E-state index contributed by atoms with van der Waals surface area (Å²) < 4.78 is 12.8. The zero-order valence-corrected chi connectivity index (χ0v) is 9.22. The van der Waals surface area contributed by atoms with Gasteiger partial charge in [-0.1, -0.05) is 24.2 Å². The topological polar surface area (TPSA) is 49.3 Å². The van der Waals surface area contributed by atoms with Crippen molar-refractivity contribution >= 4 is 17.6 Å². The second-order valence-electron chi connectivity index (χ2n) is 3.26. The van der Waals surface area contributed by atoms with Gasteiger partial charge in [-0.3, -0.25) is 0 Å². The van der Waals surface area contributed by atoms with Gasteiger partial charge in [-0.2, -0.15) is 0 Å². The predicted octanol–water partition coefficient (Wildman–Crippen LogP) is 2.21. The van der Waals surface area contributed by atoms with Gasteiger partial charge in [0.25, 0.3) is 0 Å². The highest BCUT2D eigenvalue weighted by Crippen LogP contribution is 2.15. The summed E-state index contributed by atoms with van der Waals surface area (Å²) in [5, 5.41) is 11.5. The quantitative estimate of drug-likeness (QED) is 0.780.